The molecule has 8 nitrogen and oxygen atoms in total. The monoisotopic (exact) mass is 757 g/mol. The third kappa shape index (κ3) is 7.35. The summed E-state index contributed by atoms with van der Waals surface area (Å²) < 4.78 is 41.0. The molecule has 0 saturated heterocycles. The van der Waals surface area contributed by atoms with E-state index in [0.29, 0.717) is 25.2 Å². The normalized spacial score (nSPS) is 24.0. The zero-order valence-electron chi connectivity index (χ0n) is 31.9. The molecule has 0 unspecified atom stereocenters. The van der Waals surface area contributed by atoms with Gasteiger partial charge >= 0.3 is 5.97 Å². The summed E-state index contributed by atoms with van der Waals surface area (Å²) in [5, 5.41) is 8.93. The van der Waals surface area contributed by atoms with E-state index < -0.39 is 13.9 Å². The van der Waals surface area contributed by atoms with Crippen molar-refractivity contribution in [1.82, 2.24) is 19.6 Å². The van der Waals surface area contributed by atoms with Gasteiger partial charge in [0.15, 0.2) is 8.32 Å². The van der Waals surface area contributed by atoms with E-state index in [2.05, 4.69) is 54.8 Å². The average Bonchev–Trinajstić information content (AvgIpc) is 3.95. The summed E-state index contributed by atoms with van der Waals surface area (Å²) in [4.78, 5) is 23.9. The molecular formula is C43H44BF2N4O4Si. The van der Waals surface area contributed by atoms with Gasteiger partial charge in [0.2, 0.25) is 0 Å². The molecule has 1 spiro atoms. The number of halogens is 2. The van der Waals surface area contributed by atoms with E-state index in [0.717, 1.165) is 59.6 Å². The van der Waals surface area contributed by atoms with E-state index in [1.54, 1.807) is 30.3 Å². The molecule has 0 bridgehead atoms. The third-order valence-corrected chi connectivity index (χ3v) is 12.3. The summed E-state index contributed by atoms with van der Waals surface area (Å²) in [6, 6.07) is 12.6. The van der Waals surface area contributed by atoms with E-state index in [4.69, 9.17) is 15.6 Å². The molecule has 1 aliphatic heterocycles. The first kappa shape index (κ1) is 39.6. The summed E-state index contributed by atoms with van der Waals surface area (Å²) >= 11 is 0. The van der Waals surface area contributed by atoms with Crippen LogP contribution in [0.5, 0.6) is 0 Å². The molecule has 55 heavy (non-hydrogen) atoms. The topological polar surface area (TPSA) is 88.2 Å². The van der Waals surface area contributed by atoms with Gasteiger partial charge < -0.3 is 9.16 Å². The van der Waals surface area contributed by atoms with Crippen LogP contribution in [0.25, 0.3) is 23.5 Å². The Hall–Kier alpha value is -5.12. The molecule has 2 fully saturated rings. The number of Topliss-reactive ketones (excluding diaryl/α,β-unsaturated/α-hetero) is 1. The number of rotatable bonds is 4. The number of carbonyl (C=O) groups is 2. The van der Waals surface area contributed by atoms with Gasteiger partial charge in [-0.05, 0) is 137 Å². The lowest BCUT2D eigenvalue weighted by Gasteiger charge is -2.41. The van der Waals surface area contributed by atoms with Crippen molar-refractivity contribution in [3.8, 4) is 23.7 Å². The van der Waals surface area contributed by atoms with Gasteiger partial charge in [-0.1, -0.05) is 24.0 Å². The SMILES string of the molecule is C#CCO[Si](C)(C)C.C[C@]12Cc3cnn(-c4ccc(F)cc4)c3C=C1CCC2=O.C[C@]12Cc3cnn(-c4ccc(F)cc4)c3C=C1CC[C@@]21C=CC(=O)O1.[B]. The van der Waals surface area contributed by atoms with Crippen LogP contribution >= 0.6 is 0 Å². The summed E-state index contributed by atoms with van der Waals surface area (Å²) in [5.41, 5.74) is 7.29. The minimum absolute atomic E-state index is 0. The van der Waals surface area contributed by atoms with E-state index >= 15 is 0 Å². The number of allylic oxidation sites excluding steroid dienone is 1. The second-order valence-corrected chi connectivity index (χ2v) is 20.4. The van der Waals surface area contributed by atoms with Crippen molar-refractivity contribution in [2.24, 2.45) is 10.8 Å². The Bertz CT molecular complexity index is 2260. The van der Waals surface area contributed by atoms with Crippen molar-refractivity contribution >= 4 is 40.6 Å². The molecule has 3 heterocycles. The number of nitrogens with zero attached hydrogens (tertiary/aromatic N) is 4. The first-order valence-corrected chi connectivity index (χ1v) is 21.7. The molecule has 4 aromatic rings. The lowest BCUT2D eigenvalue weighted by Crippen LogP contribution is -2.44. The van der Waals surface area contributed by atoms with Crippen molar-refractivity contribution in [1.29, 1.82) is 0 Å². The van der Waals surface area contributed by atoms with Crippen molar-refractivity contribution in [2.45, 2.75) is 77.6 Å². The quantitative estimate of drug-likeness (QED) is 0.119. The Morgan fingerprint density at radius 2 is 1.38 bits per heavy atom. The highest BCUT2D eigenvalue weighted by molar-refractivity contribution is 6.69. The second kappa shape index (κ2) is 14.8. The maximum Gasteiger partial charge on any atom is 0.331 e. The molecular weight excluding hydrogens is 713 g/mol. The predicted octanol–water partition coefficient (Wildman–Crippen LogP) is 8.01. The van der Waals surface area contributed by atoms with Gasteiger partial charge in [0.05, 0.1) is 47.2 Å². The molecule has 0 N–H and O–H groups in total. The van der Waals surface area contributed by atoms with Gasteiger partial charge in [0.25, 0.3) is 0 Å². The molecule has 281 valence electrons. The fraction of sp³-hybridized carbons (Fsp3) is 0.349. The molecule has 9 rings (SSSR count). The van der Waals surface area contributed by atoms with Crippen LogP contribution < -0.4 is 0 Å². The summed E-state index contributed by atoms with van der Waals surface area (Å²) in [7, 11) is -1.32. The van der Waals surface area contributed by atoms with E-state index in [-0.39, 0.29) is 36.8 Å². The summed E-state index contributed by atoms with van der Waals surface area (Å²) in [6.07, 6.45) is 21.1. The van der Waals surface area contributed by atoms with Crippen molar-refractivity contribution in [2.75, 3.05) is 6.61 Å². The minimum Gasteiger partial charge on any atom is -0.451 e. The Labute approximate surface area is 324 Å². The van der Waals surface area contributed by atoms with Crippen LogP contribution in [0.2, 0.25) is 19.6 Å². The summed E-state index contributed by atoms with van der Waals surface area (Å²) in [5.74, 6) is 1.99. The average molecular weight is 758 g/mol. The van der Waals surface area contributed by atoms with Gasteiger partial charge in [-0.2, -0.15) is 10.2 Å². The first-order valence-electron chi connectivity index (χ1n) is 18.3. The number of ether oxygens (including phenoxy) is 1. The largest absolute Gasteiger partial charge is 0.451 e. The van der Waals surface area contributed by atoms with Gasteiger partial charge in [-0.15, -0.1) is 6.42 Å². The highest BCUT2D eigenvalue weighted by Gasteiger charge is 2.59. The number of ketones is 1. The van der Waals surface area contributed by atoms with Crippen LogP contribution in [-0.2, 0) is 31.6 Å². The van der Waals surface area contributed by atoms with Gasteiger partial charge in [0, 0.05) is 26.3 Å². The van der Waals surface area contributed by atoms with Crippen molar-refractivity contribution in [3.05, 3.63) is 118 Å². The zero-order chi connectivity index (χ0) is 38.5. The molecule has 5 aliphatic rings. The van der Waals surface area contributed by atoms with E-state index in [1.807, 2.05) is 34.8 Å². The number of benzene rings is 2. The lowest BCUT2D eigenvalue weighted by molar-refractivity contribution is -0.151. The lowest BCUT2D eigenvalue weighted by atomic mass is 9.67. The maximum absolute atomic E-state index is 13.2. The number of terminal acetylenes is 1. The Morgan fingerprint density at radius 1 is 0.836 bits per heavy atom. The molecule has 0 amide bonds. The number of aromatic nitrogens is 4. The molecule has 12 heteroatoms. The zero-order valence-corrected chi connectivity index (χ0v) is 32.9. The standard InChI is InChI=1S/C20H17FN2O2.C17H15FN2O.C6H12OSi.B/c1-19-11-13-12-22-23(16-4-2-15(21)3-5-16)17(13)10-14(19)6-8-20(19)9-7-18(24)25-20;1-17-9-11-10-19-20(14-5-3-13(18)4-6-14)15(11)8-12(17)2-7-16(17)21;1-5-6-7-8(2,3)4;/h2-5,7,9-10,12H,6,8,11H2,1H3;3-6,8,10H,2,7,9H2,1H3;1H,6H2,2-4H3;/t19-,20+;17-;;/m00../s1. The van der Waals surface area contributed by atoms with Crippen molar-refractivity contribution in [3.63, 3.8) is 0 Å². The Balaban J connectivity index is 0.000000156. The summed E-state index contributed by atoms with van der Waals surface area (Å²) in [6.45, 7) is 11.0. The second-order valence-electron chi connectivity index (χ2n) is 15.9. The van der Waals surface area contributed by atoms with Crippen molar-refractivity contribution < 1.29 is 27.5 Å². The fourth-order valence-electron chi connectivity index (χ4n) is 8.23. The highest BCUT2D eigenvalue weighted by Crippen LogP contribution is 2.58. The fourth-order valence-corrected chi connectivity index (χ4v) is 8.75. The maximum atomic E-state index is 13.2. The molecule has 2 aromatic carbocycles. The van der Waals surface area contributed by atoms with Crippen LogP contribution in [0, 0.1) is 34.8 Å². The molecule has 3 radical (unpaired) electrons. The molecule has 4 aliphatic carbocycles. The predicted molar refractivity (Wildman–Crippen MR) is 212 cm³/mol. The van der Waals surface area contributed by atoms with Crippen LogP contribution in [0.15, 0.2) is 84.2 Å². The Kier molecular flexibility index (Phi) is 10.7. The molecule has 2 aromatic heterocycles. The van der Waals surface area contributed by atoms with Gasteiger partial charge in [-0.3, -0.25) is 4.79 Å². The van der Waals surface area contributed by atoms with Crippen LogP contribution in [0.4, 0.5) is 8.78 Å². The molecule has 3 atom stereocenters. The minimum atomic E-state index is -1.32. The highest BCUT2D eigenvalue weighted by atomic mass is 28.4. The Morgan fingerprint density at radius 3 is 1.87 bits per heavy atom. The number of esters is 1. The van der Waals surface area contributed by atoms with E-state index in [1.165, 1.54) is 35.4 Å². The van der Waals surface area contributed by atoms with Crippen LogP contribution in [-0.4, -0.2) is 60.3 Å². The number of hydrogen-bond donors (Lipinski definition) is 0. The van der Waals surface area contributed by atoms with Gasteiger partial charge in [-0.25, -0.2) is 22.9 Å². The third-order valence-electron chi connectivity index (χ3n) is 11.3. The smallest absolute Gasteiger partial charge is 0.331 e. The van der Waals surface area contributed by atoms with Gasteiger partial charge in [0.1, 0.15) is 23.0 Å². The van der Waals surface area contributed by atoms with E-state index in [9.17, 15) is 18.4 Å². The van der Waals surface area contributed by atoms with Crippen LogP contribution in [0.3, 0.4) is 0 Å². The number of fused-ring (bicyclic) bond motifs is 5. The first-order chi connectivity index (χ1) is 25.6. The number of hydrogen-bond acceptors (Lipinski definition) is 6. The molecule has 2 saturated carbocycles. The number of carbonyl (C=O) groups excluding carboxylic acids is 2. The van der Waals surface area contributed by atoms with Crippen LogP contribution in [0.1, 0.15) is 62.0 Å².